The Hall–Kier alpha value is -2.04. The SMILES string of the molecule is CC.O=C(/C=C/c1ccccc1)c1ccc(OCCCN2CCSCC2)cc1. The number of carbonyl (C=O) groups excluding carboxylic acids is 1. The summed E-state index contributed by atoms with van der Waals surface area (Å²) in [6, 6.07) is 17.2. The lowest BCUT2D eigenvalue weighted by Crippen LogP contribution is -2.33. The summed E-state index contributed by atoms with van der Waals surface area (Å²) in [5.41, 5.74) is 1.70. The van der Waals surface area contributed by atoms with E-state index in [0.29, 0.717) is 12.2 Å². The van der Waals surface area contributed by atoms with Crippen LogP contribution >= 0.6 is 11.8 Å². The predicted molar refractivity (Wildman–Crippen MR) is 121 cm³/mol. The largest absolute Gasteiger partial charge is 0.494 e. The van der Waals surface area contributed by atoms with Crippen LogP contribution in [0.15, 0.2) is 60.7 Å². The predicted octanol–water partition coefficient (Wildman–Crippen LogP) is 5.43. The molecule has 0 atom stereocenters. The van der Waals surface area contributed by atoms with Gasteiger partial charge in [0.05, 0.1) is 6.61 Å². The minimum Gasteiger partial charge on any atom is -0.494 e. The number of hydrogen-bond donors (Lipinski definition) is 0. The second kappa shape index (κ2) is 13.2. The molecule has 1 aliphatic heterocycles. The number of nitrogens with zero attached hydrogens (tertiary/aromatic N) is 1. The van der Waals surface area contributed by atoms with Crippen molar-refractivity contribution in [3.63, 3.8) is 0 Å². The highest BCUT2D eigenvalue weighted by Crippen LogP contribution is 2.14. The fourth-order valence-corrected chi connectivity index (χ4v) is 3.83. The Morgan fingerprint density at radius 2 is 1.71 bits per heavy atom. The first-order chi connectivity index (χ1) is 13.8. The molecule has 0 N–H and O–H groups in total. The smallest absolute Gasteiger partial charge is 0.185 e. The van der Waals surface area contributed by atoms with Gasteiger partial charge < -0.3 is 9.64 Å². The normalized spacial score (nSPS) is 14.4. The van der Waals surface area contributed by atoms with Crippen molar-refractivity contribution in [2.45, 2.75) is 20.3 Å². The van der Waals surface area contributed by atoms with Crippen LogP contribution in [0.4, 0.5) is 0 Å². The van der Waals surface area contributed by atoms with Crippen LogP contribution in [0, 0.1) is 0 Å². The molecule has 1 heterocycles. The van der Waals surface area contributed by atoms with Gasteiger partial charge in [-0.05, 0) is 42.3 Å². The second-order valence-corrected chi connectivity index (χ2v) is 7.51. The maximum atomic E-state index is 12.2. The second-order valence-electron chi connectivity index (χ2n) is 6.29. The van der Waals surface area contributed by atoms with E-state index in [2.05, 4.69) is 4.90 Å². The lowest BCUT2D eigenvalue weighted by atomic mass is 10.1. The van der Waals surface area contributed by atoms with Gasteiger partial charge in [0.1, 0.15) is 5.75 Å². The maximum absolute atomic E-state index is 12.2. The van der Waals surface area contributed by atoms with Crippen molar-refractivity contribution in [3.05, 3.63) is 71.8 Å². The molecule has 4 heteroatoms. The summed E-state index contributed by atoms with van der Waals surface area (Å²) >= 11 is 2.04. The van der Waals surface area contributed by atoms with E-state index in [0.717, 1.165) is 24.3 Å². The summed E-state index contributed by atoms with van der Waals surface area (Å²) in [6.45, 7) is 8.20. The lowest BCUT2D eigenvalue weighted by molar-refractivity contribution is 0.104. The third-order valence-electron chi connectivity index (χ3n) is 4.36. The molecule has 28 heavy (non-hydrogen) atoms. The first kappa shape index (κ1) is 22.3. The molecule has 3 rings (SSSR count). The Morgan fingerprint density at radius 1 is 1.04 bits per heavy atom. The van der Waals surface area contributed by atoms with Crippen LogP contribution in [-0.2, 0) is 0 Å². The molecule has 3 nitrogen and oxygen atoms in total. The molecule has 2 aromatic rings. The summed E-state index contributed by atoms with van der Waals surface area (Å²) < 4.78 is 5.80. The molecule has 2 aromatic carbocycles. The molecular weight excluding hydrogens is 366 g/mol. The van der Waals surface area contributed by atoms with Crippen molar-refractivity contribution in [2.24, 2.45) is 0 Å². The summed E-state index contributed by atoms with van der Waals surface area (Å²) in [7, 11) is 0. The van der Waals surface area contributed by atoms with Crippen molar-refractivity contribution < 1.29 is 9.53 Å². The van der Waals surface area contributed by atoms with E-state index in [1.807, 2.05) is 86.3 Å². The topological polar surface area (TPSA) is 29.5 Å². The van der Waals surface area contributed by atoms with E-state index in [1.165, 1.54) is 24.6 Å². The van der Waals surface area contributed by atoms with Crippen molar-refractivity contribution in [2.75, 3.05) is 37.7 Å². The Bertz CT molecular complexity index is 707. The molecule has 0 amide bonds. The molecule has 0 unspecified atom stereocenters. The van der Waals surface area contributed by atoms with E-state index < -0.39 is 0 Å². The number of hydrogen-bond acceptors (Lipinski definition) is 4. The van der Waals surface area contributed by atoms with E-state index >= 15 is 0 Å². The minimum absolute atomic E-state index is 0.00312. The number of benzene rings is 2. The van der Waals surface area contributed by atoms with Gasteiger partial charge in [-0.15, -0.1) is 0 Å². The van der Waals surface area contributed by atoms with Gasteiger partial charge in [0.2, 0.25) is 0 Å². The Balaban J connectivity index is 0.00000136. The Labute approximate surface area is 173 Å². The van der Waals surface area contributed by atoms with Crippen molar-refractivity contribution in [3.8, 4) is 5.75 Å². The molecule has 0 aromatic heterocycles. The third kappa shape index (κ3) is 7.91. The lowest BCUT2D eigenvalue weighted by Gasteiger charge is -2.25. The number of carbonyl (C=O) groups is 1. The van der Waals surface area contributed by atoms with Crippen molar-refractivity contribution in [1.82, 2.24) is 4.90 Å². The highest BCUT2D eigenvalue weighted by molar-refractivity contribution is 7.99. The van der Waals surface area contributed by atoms with Crippen LogP contribution in [0.25, 0.3) is 6.08 Å². The maximum Gasteiger partial charge on any atom is 0.185 e. The third-order valence-corrected chi connectivity index (χ3v) is 5.30. The first-order valence-electron chi connectivity index (χ1n) is 10.1. The van der Waals surface area contributed by atoms with Crippen LogP contribution < -0.4 is 4.74 Å². The molecule has 0 radical (unpaired) electrons. The fourth-order valence-electron chi connectivity index (χ4n) is 2.85. The molecule has 0 spiro atoms. The standard InChI is InChI=1S/C22H25NO2S.C2H6/c24-22(12-7-19-5-2-1-3-6-19)20-8-10-21(11-9-20)25-16-4-13-23-14-17-26-18-15-23;1-2/h1-3,5-12H,4,13-18H2;1-2H3/b12-7+;. The monoisotopic (exact) mass is 397 g/mol. The number of rotatable bonds is 8. The summed E-state index contributed by atoms with van der Waals surface area (Å²) in [4.78, 5) is 14.7. The van der Waals surface area contributed by atoms with Crippen LogP contribution in [-0.4, -0.2) is 48.4 Å². The van der Waals surface area contributed by atoms with Crippen LogP contribution in [0.2, 0.25) is 0 Å². The van der Waals surface area contributed by atoms with Gasteiger partial charge in [-0.3, -0.25) is 4.79 Å². The first-order valence-corrected chi connectivity index (χ1v) is 11.3. The van der Waals surface area contributed by atoms with Crippen LogP contribution in [0.1, 0.15) is 36.2 Å². The molecular formula is C24H31NO2S. The van der Waals surface area contributed by atoms with E-state index in [-0.39, 0.29) is 5.78 Å². The highest BCUT2D eigenvalue weighted by Gasteiger charge is 2.09. The summed E-state index contributed by atoms with van der Waals surface area (Å²) in [5.74, 6) is 3.32. The number of ether oxygens (including phenoxy) is 1. The number of ketones is 1. The van der Waals surface area contributed by atoms with Crippen LogP contribution in [0.3, 0.4) is 0 Å². The minimum atomic E-state index is 0.00312. The summed E-state index contributed by atoms with van der Waals surface area (Å²) in [6.07, 6.45) is 4.49. The van der Waals surface area contributed by atoms with Crippen molar-refractivity contribution in [1.29, 1.82) is 0 Å². The van der Waals surface area contributed by atoms with E-state index in [1.54, 1.807) is 6.08 Å². The summed E-state index contributed by atoms with van der Waals surface area (Å²) in [5, 5.41) is 0. The van der Waals surface area contributed by atoms with Crippen LogP contribution in [0.5, 0.6) is 5.75 Å². The molecule has 1 aliphatic rings. The van der Waals surface area contributed by atoms with Gasteiger partial charge in [-0.2, -0.15) is 11.8 Å². The molecule has 1 saturated heterocycles. The van der Waals surface area contributed by atoms with E-state index in [9.17, 15) is 4.79 Å². The number of allylic oxidation sites excluding steroid dienone is 1. The zero-order chi connectivity index (χ0) is 20.0. The van der Waals surface area contributed by atoms with Gasteiger partial charge in [0.15, 0.2) is 5.78 Å². The van der Waals surface area contributed by atoms with E-state index in [4.69, 9.17) is 4.74 Å². The Morgan fingerprint density at radius 3 is 2.39 bits per heavy atom. The van der Waals surface area contributed by atoms with Gasteiger partial charge in [-0.25, -0.2) is 0 Å². The quantitative estimate of drug-likeness (QED) is 0.338. The fraction of sp³-hybridized carbons (Fsp3) is 0.375. The molecule has 0 saturated carbocycles. The van der Waals surface area contributed by atoms with Crippen molar-refractivity contribution >= 4 is 23.6 Å². The van der Waals surface area contributed by atoms with Gasteiger partial charge in [0, 0.05) is 36.7 Å². The van der Waals surface area contributed by atoms with Gasteiger partial charge in [0.25, 0.3) is 0 Å². The molecule has 0 bridgehead atoms. The van der Waals surface area contributed by atoms with Gasteiger partial charge in [-0.1, -0.05) is 50.3 Å². The Kier molecular flexibility index (Phi) is 10.5. The highest BCUT2D eigenvalue weighted by atomic mass is 32.2. The molecule has 0 aliphatic carbocycles. The zero-order valence-corrected chi connectivity index (χ0v) is 17.8. The average Bonchev–Trinajstić information content (AvgIpc) is 2.78. The molecule has 150 valence electrons. The number of thioether (sulfide) groups is 1. The van der Waals surface area contributed by atoms with Gasteiger partial charge >= 0.3 is 0 Å². The zero-order valence-electron chi connectivity index (χ0n) is 17.0. The average molecular weight is 398 g/mol. The molecule has 1 fully saturated rings.